The van der Waals surface area contributed by atoms with Crippen LogP contribution in [0.4, 0.5) is 10.7 Å². The fraction of sp³-hybridized carbons (Fsp3) is 0.407. The first-order valence-electron chi connectivity index (χ1n) is 12.7. The molecule has 10 nitrogen and oxygen atoms in total. The van der Waals surface area contributed by atoms with Gasteiger partial charge in [0.25, 0.3) is 5.56 Å². The SMILES string of the molecule is Cn1c(=O)c2c(nc(N3CCC[C@@H](NC(=O)OC(C)(C)C)C3)n2Cc2ccccc2Cl)c2csc(C(=O)O)c21. The van der Waals surface area contributed by atoms with Crippen molar-refractivity contribution >= 4 is 62.9 Å². The molecule has 39 heavy (non-hydrogen) atoms. The third kappa shape index (κ3) is 5.20. The number of nitrogens with zero attached hydrogens (tertiary/aromatic N) is 4. The highest BCUT2D eigenvalue weighted by molar-refractivity contribution is 7.13. The molecule has 1 aliphatic rings. The monoisotopic (exact) mass is 571 g/mol. The Bertz CT molecular complexity index is 1650. The molecule has 1 amide bonds. The number of imidazole rings is 1. The number of fused-ring (bicyclic) bond motifs is 3. The maximum Gasteiger partial charge on any atom is 0.407 e. The van der Waals surface area contributed by atoms with Gasteiger partial charge in [-0.15, -0.1) is 11.3 Å². The standard InChI is InChI=1S/C27H30ClN5O5S/c1-27(2,3)38-26(37)29-16-9-7-11-32(13-16)25-30-19-17-14-39-22(24(35)36)20(17)31(4)23(34)21(19)33(25)12-15-8-5-6-10-18(15)28/h5-6,8,10,14,16H,7,9,11-13H2,1-4H3,(H,29,37)(H,35,36)/t16-/m1/s1. The number of carboxylic acids is 1. The fourth-order valence-electron chi connectivity index (χ4n) is 5.05. The van der Waals surface area contributed by atoms with Crippen LogP contribution in [0, 0.1) is 0 Å². The Balaban J connectivity index is 1.63. The molecule has 3 aromatic heterocycles. The van der Waals surface area contributed by atoms with Crippen LogP contribution >= 0.6 is 22.9 Å². The van der Waals surface area contributed by atoms with Crippen LogP contribution in [0.3, 0.4) is 0 Å². The molecule has 4 heterocycles. The highest BCUT2D eigenvalue weighted by Gasteiger charge is 2.30. The van der Waals surface area contributed by atoms with Gasteiger partial charge < -0.3 is 29.2 Å². The van der Waals surface area contributed by atoms with Crippen molar-refractivity contribution in [1.82, 2.24) is 19.4 Å². The molecule has 5 rings (SSSR count). The van der Waals surface area contributed by atoms with Crippen LogP contribution in [0.2, 0.25) is 5.02 Å². The summed E-state index contributed by atoms with van der Waals surface area (Å²) in [5, 5.41) is 15.6. The van der Waals surface area contributed by atoms with Gasteiger partial charge in [0.05, 0.1) is 12.1 Å². The smallest absolute Gasteiger partial charge is 0.407 e. The van der Waals surface area contributed by atoms with E-state index >= 15 is 0 Å². The lowest BCUT2D eigenvalue weighted by molar-refractivity contribution is 0.0499. The summed E-state index contributed by atoms with van der Waals surface area (Å²) in [5.74, 6) is -0.527. The van der Waals surface area contributed by atoms with Crippen LogP contribution in [0.25, 0.3) is 21.9 Å². The average molecular weight is 572 g/mol. The quantitative estimate of drug-likeness (QED) is 0.352. The number of alkyl carbamates (subject to hydrolysis) is 1. The number of hydrogen-bond donors (Lipinski definition) is 2. The van der Waals surface area contributed by atoms with E-state index in [0.29, 0.717) is 52.5 Å². The van der Waals surface area contributed by atoms with Crippen molar-refractivity contribution in [2.24, 2.45) is 7.05 Å². The Morgan fingerprint density at radius 3 is 2.69 bits per heavy atom. The number of halogens is 1. The van der Waals surface area contributed by atoms with Gasteiger partial charge in [0.15, 0.2) is 0 Å². The number of piperidine rings is 1. The molecule has 1 aromatic carbocycles. The van der Waals surface area contributed by atoms with Crippen LogP contribution in [-0.4, -0.2) is 56.0 Å². The second-order valence-electron chi connectivity index (χ2n) is 10.7. The minimum Gasteiger partial charge on any atom is -0.477 e. The molecule has 1 aliphatic heterocycles. The molecule has 206 valence electrons. The molecular formula is C27H30ClN5O5S. The van der Waals surface area contributed by atoms with E-state index in [-0.39, 0.29) is 16.5 Å². The van der Waals surface area contributed by atoms with Crippen LogP contribution in [0.15, 0.2) is 34.4 Å². The van der Waals surface area contributed by atoms with E-state index in [4.69, 9.17) is 21.3 Å². The molecule has 4 aromatic rings. The van der Waals surface area contributed by atoms with Crippen molar-refractivity contribution in [3.63, 3.8) is 0 Å². The first kappa shape index (κ1) is 27.0. The second-order valence-corrected chi connectivity index (χ2v) is 12.0. The van der Waals surface area contributed by atoms with Crippen molar-refractivity contribution in [2.45, 2.75) is 51.8 Å². The Labute approximate surface area is 233 Å². The van der Waals surface area contributed by atoms with Gasteiger partial charge in [-0.3, -0.25) is 4.79 Å². The number of carboxylic acid groups (broad SMARTS) is 1. The van der Waals surface area contributed by atoms with Gasteiger partial charge in [0, 0.05) is 42.0 Å². The summed E-state index contributed by atoms with van der Waals surface area (Å²) in [4.78, 5) is 45.2. The molecular weight excluding hydrogens is 542 g/mol. The number of ether oxygens (including phenoxy) is 1. The number of carbonyl (C=O) groups is 2. The van der Waals surface area contributed by atoms with Crippen molar-refractivity contribution < 1.29 is 19.4 Å². The fourth-order valence-corrected chi connectivity index (χ4v) is 6.16. The van der Waals surface area contributed by atoms with Crippen molar-refractivity contribution in [3.05, 3.63) is 55.5 Å². The molecule has 2 N–H and O–H groups in total. The first-order chi connectivity index (χ1) is 18.4. The Hall–Kier alpha value is -3.57. The second kappa shape index (κ2) is 10.2. The number of aryl methyl sites for hydroxylation is 1. The van der Waals surface area contributed by atoms with E-state index in [2.05, 4.69) is 10.2 Å². The maximum atomic E-state index is 13.7. The molecule has 0 spiro atoms. The Kier molecular flexibility index (Phi) is 7.06. The van der Waals surface area contributed by atoms with Gasteiger partial charge in [0.1, 0.15) is 21.5 Å². The number of nitrogens with one attached hydrogen (secondary N) is 1. The minimum absolute atomic E-state index is 0.0910. The topological polar surface area (TPSA) is 119 Å². The summed E-state index contributed by atoms with van der Waals surface area (Å²) >= 11 is 7.59. The predicted molar refractivity (Wildman–Crippen MR) is 152 cm³/mol. The zero-order valence-electron chi connectivity index (χ0n) is 22.2. The lowest BCUT2D eigenvalue weighted by atomic mass is 10.1. The zero-order valence-corrected chi connectivity index (χ0v) is 23.7. The van der Waals surface area contributed by atoms with Crippen LogP contribution in [0.5, 0.6) is 0 Å². The number of pyridine rings is 1. The third-order valence-electron chi connectivity index (χ3n) is 6.72. The third-order valence-corrected chi connectivity index (χ3v) is 8.04. The maximum absolute atomic E-state index is 13.7. The lowest BCUT2D eigenvalue weighted by Gasteiger charge is -2.34. The van der Waals surface area contributed by atoms with E-state index in [0.717, 1.165) is 29.7 Å². The molecule has 0 saturated carbocycles. The number of anilines is 1. The Morgan fingerprint density at radius 2 is 2.00 bits per heavy atom. The van der Waals surface area contributed by atoms with Crippen LogP contribution in [0.1, 0.15) is 48.8 Å². The van der Waals surface area contributed by atoms with Gasteiger partial charge in [-0.25, -0.2) is 14.6 Å². The normalized spacial score (nSPS) is 16.1. The summed E-state index contributed by atoms with van der Waals surface area (Å²) in [7, 11) is 1.58. The number of aromatic nitrogens is 3. The zero-order chi connectivity index (χ0) is 28.1. The number of carbonyl (C=O) groups excluding carboxylic acids is 1. The lowest BCUT2D eigenvalue weighted by Crippen LogP contribution is -2.49. The van der Waals surface area contributed by atoms with Crippen molar-refractivity contribution in [2.75, 3.05) is 18.0 Å². The molecule has 0 radical (unpaired) electrons. The number of aromatic carboxylic acids is 1. The highest BCUT2D eigenvalue weighted by Crippen LogP contribution is 2.34. The number of amides is 1. The van der Waals surface area contributed by atoms with E-state index in [1.807, 2.05) is 43.5 Å². The number of rotatable bonds is 5. The van der Waals surface area contributed by atoms with Gasteiger partial charge in [0.2, 0.25) is 5.95 Å². The molecule has 1 saturated heterocycles. The van der Waals surface area contributed by atoms with Crippen LogP contribution < -0.4 is 15.8 Å². The van der Waals surface area contributed by atoms with E-state index in [9.17, 15) is 19.5 Å². The summed E-state index contributed by atoms with van der Waals surface area (Å²) < 4.78 is 8.69. The van der Waals surface area contributed by atoms with Crippen molar-refractivity contribution in [3.8, 4) is 0 Å². The van der Waals surface area contributed by atoms with Gasteiger partial charge >= 0.3 is 12.1 Å². The minimum atomic E-state index is -1.09. The van der Waals surface area contributed by atoms with Crippen LogP contribution in [-0.2, 0) is 18.3 Å². The molecule has 0 aliphatic carbocycles. The summed E-state index contributed by atoms with van der Waals surface area (Å²) in [5.41, 5.74) is 1.03. The molecule has 0 unspecified atom stereocenters. The number of benzene rings is 1. The number of thiophene rings is 1. The van der Waals surface area contributed by atoms with Crippen molar-refractivity contribution in [1.29, 1.82) is 0 Å². The molecule has 1 fully saturated rings. The van der Waals surface area contributed by atoms with Gasteiger partial charge in [-0.1, -0.05) is 29.8 Å². The summed E-state index contributed by atoms with van der Waals surface area (Å²) in [6, 6.07) is 7.25. The van der Waals surface area contributed by atoms with Gasteiger partial charge in [-0.2, -0.15) is 0 Å². The van der Waals surface area contributed by atoms with E-state index < -0.39 is 17.7 Å². The van der Waals surface area contributed by atoms with Gasteiger partial charge in [-0.05, 0) is 45.2 Å². The first-order valence-corrected chi connectivity index (χ1v) is 13.9. The molecule has 12 heteroatoms. The highest BCUT2D eigenvalue weighted by atomic mass is 35.5. The molecule has 0 bridgehead atoms. The predicted octanol–water partition coefficient (Wildman–Crippen LogP) is 4.84. The largest absolute Gasteiger partial charge is 0.477 e. The van der Waals surface area contributed by atoms with E-state index in [1.165, 1.54) is 4.57 Å². The summed E-state index contributed by atoms with van der Waals surface area (Å²) in [6.45, 7) is 6.89. The average Bonchev–Trinajstić information content (AvgIpc) is 3.46. The summed E-state index contributed by atoms with van der Waals surface area (Å²) in [6.07, 6.45) is 1.10. The number of hydrogen-bond acceptors (Lipinski definition) is 7. The Morgan fingerprint density at radius 1 is 1.26 bits per heavy atom. The van der Waals surface area contributed by atoms with E-state index in [1.54, 1.807) is 18.5 Å². The molecule has 1 atom stereocenters.